The minimum atomic E-state index is -0.281. The molecule has 7 nitrogen and oxygen atoms in total. The van der Waals surface area contributed by atoms with Crippen LogP contribution in [-0.4, -0.2) is 29.6 Å². The number of aryl methyl sites for hydroxylation is 1. The van der Waals surface area contributed by atoms with Crippen LogP contribution in [0.25, 0.3) is 22.3 Å². The molecule has 0 aliphatic heterocycles. The van der Waals surface area contributed by atoms with Crippen LogP contribution in [0.2, 0.25) is 10.0 Å². The van der Waals surface area contributed by atoms with Crippen molar-refractivity contribution < 1.29 is 14.2 Å². The second-order valence-electron chi connectivity index (χ2n) is 10.7. The van der Waals surface area contributed by atoms with Gasteiger partial charge < -0.3 is 14.2 Å². The van der Waals surface area contributed by atoms with Crippen molar-refractivity contribution in [3.63, 3.8) is 0 Å². The van der Waals surface area contributed by atoms with E-state index >= 15 is 0 Å². The second kappa shape index (κ2) is 14.1. The van der Waals surface area contributed by atoms with Gasteiger partial charge in [0.05, 0.1) is 35.3 Å². The topological polar surface area (TPSA) is 74.9 Å². The summed E-state index contributed by atoms with van der Waals surface area (Å²) in [5.74, 6) is 2.42. The number of benzene rings is 4. The molecule has 10 heteroatoms. The lowest BCUT2D eigenvalue weighted by atomic mass is 9.96. The fraction of sp³-hybridized carbons (Fsp3) is 0.229. The Bertz CT molecular complexity index is 1970. The van der Waals surface area contributed by atoms with Crippen molar-refractivity contribution in [1.82, 2.24) is 9.66 Å². The number of hydrogen-bond acceptors (Lipinski definition) is 6. The first-order valence-corrected chi connectivity index (χ1v) is 15.9. The highest BCUT2D eigenvalue weighted by Gasteiger charge is 2.19. The van der Waals surface area contributed by atoms with E-state index < -0.39 is 0 Å². The van der Waals surface area contributed by atoms with Crippen molar-refractivity contribution in [3.8, 4) is 28.6 Å². The molecule has 0 fully saturated rings. The number of hydrogen-bond donors (Lipinski definition) is 0. The van der Waals surface area contributed by atoms with Gasteiger partial charge >= 0.3 is 0 Å². The minimum Gasteiger partial charge on any atom is -0.494 e. The van der Waals surface area contributed by atoms with Crippen molar-refractivity contribution in [1.29, 1.82) is 0 Å². The Hall–Kier alpha value is -3.85. The summed E-state index contributed by atoms with van der Waals surface area (Å²) in [4.78, 5) is 18.8. The van der Waals surface area contributed by atoms with Crippen LogP contribution in [0.3, 0.4) is 0 Å². The van der Waals surface area contributed by atoms with Gasteiger partial charge in [-0.15, -0.1) is 0 Å². The summed E-state index contributed by atoms with van der Waals surface area (Å²) in [7, 11) is 1.56. The highest BCUT2D eigenvalue weighted by Crippen LogP contribution is 2.38. The Morgan fingerprint density at radius 2 is 1.80 bits per heavy atom. The molecule has 0 unspecified atom stereocenters. The van der Waals surface area contributed by atoms with Crippen LogP contribution in [0, 0.1) is 6.92 Å². The first-order valence-electron chi connectivity index (χ1n) is 14.4. The zero-order valence-electron chi connectivity index (χ0n) is 25.5. The third-order valence-corrected chi connectivity index (χ3v) is 8.41. The van der Waals surface area contributed by atoms with Crippen molar-refractivity contribution in [3.05, 3.63) is 114 Å². The highest BCUT2D eigenvalue weighted by atomic mass is 79.9. The van der Waals surface area contributed by atoms with E-state index in [2.05, 4.69) is 34.9 Å². The average Bonchev–Trinajstić information content (AvgIpc) is 3.00. The van der Waals surface area contributed by atoms with Crippen LogP contribution in [0.4, 0.5) is 0 Å². The predicted octanol–water partition coefficient (Wildman–Crippen LogP) is 9.43. The number of methoxy groups -OCH3 is 1. The molecule has 0 N–H and O–H groups in total. The predicted molar refractivity (Wildman–Crippen MR) is 186 cm³/mol. The molecule has 1 aromatic heterocycles. The summed E-state index contributed by atoms with van der Waals surface area (Å²) in [5, 5.41) is 6.20. The van der Waals surface area contributed by atoms with Crippen LogP contribution in [0.15, 0.2) is 81.1 Å². The normalized spacial score (nSPS) is 11.5. The number of nitrogens with zero attached hydrogens (tertiary/aromatic N) is 3. The van der Waals surface area contributed by atoms with Gasteiger partial charge in [0, 0.05) is 21.2 Å². The third kappa shape index (κ3) is 7.03. The maximum atomic E-state index is 13.9. The zero-order valence-corrected chi connectivity index (χ0v) is 28.6. The molecule has 0 spiro atoms. The Balaban J connectivity index is 1.58. The quantitative estimate of drug-likeness (QED) is 0.135. The summed E-state index contributed by atoms with van der Waals surface area (Å²) in [5.41, 5.74) is 4.51. The van der Waals surface area contributed by atoms with Gasteiger partial charge in [0.15, 0.2) is 17.3 Å². The van der Waals surface area contributed by atoms with E-state index in [1.54, 1.807) is 37.6 Å². The lowest BCUT2D eigenvalue weighted by molar-refractivity contribution is 0.282. The first-order chi connectivity index (χ1) is 21.6. The van der Waals surface area contributed by atoms with Gasteiger partial charge in [-0.25, -0.2) is 4.98 Å². The van der Waals surface area contributed by atoms with E-state index in [1.807, 2.05) is 56.3 Å². The molecule has 0 amide bonds. The Kier molecular flexibility index (Phi) is 10.2. The number of aromatic nitrogens is 2. The van der Waals surface area contributed by atoms with E-state index in [-0.39, 0.29) is 18.1 Å². The lowest BCUT2D eigenvalue weighted by Gasteiger charge is -2.18. The molecule has 0 aliphatic rings. The molecule has 0 radical (unpaired) electrons. The maximum absolute atomic E-state index is 13.9. The minimum absolute atomic E-state index is 0.191. The van der Waals surface area contributed by atoms with Gasteiger partial charge in [0.2, 0.25) is 0 Å². The van der Waals surface area contributed by atoms with Gasteiger partial charge in [-0.2, -0.15) is 9.78 Å². The number of para-hydroxylation sites is 1. The summed E-state index contributed by atoms with van der Waals surface area (Å²) in [6.45, 7) is 8.93. The fourth-order valence-electron chi connectivity index (χ4n) is 4.94. The van der Waals surface area contributed by atoms with Crippen molar-refractivity contribution >= 4 is 56.2 Å². The largest absolute Gasteiger partial charge is 0.494 e. The Morgan fingerprint density at radius 3 is 2.51 bits per heavy atom. The van der Waals surface area contributed by atoms with Crippen LogP contribution in [-0.2, 0) is 6.61 Å². The van der Waals surface area contributed by atoms with E-state index in [9.17, 15) is 4.79 Å². The first kappa shape index (κ1) is 32.5. The molecule has 45 heavy (non-hydrogen) atoms. The summed E-state index contributed by atoms with van der Waals surface area (Å²) in [6, 6.07) is 20.2. The molecule has 0 saturated carbocycles. The lowest BCUT2D eigenvalue weighted by Crippen LogP contribution is -2.21. The van der Waals surface area contributed by atoms with Crippen LogP contribution in [0.5, 0.6) is 17.2 Å². The van der Waals surface area contributed by atoms with E-state index in [1.165, 1.54) is 4.68 Å². The smallest absolute Gasteiger partial charge is 0.282 e. The van der Waals surface area contributed by atoms with E-state index in [0.29, 0.717) is 54.9 Å². The standard InChI is InChI=1S/C35H32BrCl2N3O4/c1-6-44-31-13-21(4)27(17-26(31)20(2)3)34-40-30-10-8-7-9-25(30)35(42)41(34)39-18-22-14-28(36)33(32(15-22)43-5)45-19-23-11-12-24(37)16-29(23)38/h7-18,20H,6,19H2,1-5H3. The molecule has 5 rings (SSSR count). The second-order valence-corrected chi connectivity index (χ2v) is 12.4. The fourth-order valence-corrected chi connectivity index (χ4v) is 5.98. The SMILES string of the molecule is CCOc1cc(C)c(-c2nc3ccccc3c(=O)n2N=Cc2cc(Br)c(OCc3ccc(Cl)cc3Cl)c(OC)c2)cc1C(C)C. The summed E-state index contributed by atoms with van der Waals surface area (Å²) in [6.07, 6.45) is 1.60. The zero-order chi connectivity index (χ0) is 32.2. The molecule has 0 aliphatic carbocycles. The number of halogens is 3. The Morgan fingerprint density at radius 1 is 1.02 bits per heavy atom. The third-order valence-electron chi connectivity index (χ3n) is 7.23. The molecule has 0 bridgehead atoms. The van der Waals surface area contributed by atoms with Crippen LogP contribution >= 0.6 is 39.1 Å². The molecule has 4 aromatic carbocycles. The number of ether oxygens (including phenoxy) is 3. The molecule has 232 valence electrons. The van der Waals surface area contributed by atoms with Crippen molar-refractivity contribution in [2.24, 2.45) is 5.10 Å². The van der Waals surface area contributed by atoms with Gasteiger partial charge in [-0.1, -0.05) is 55.2 Å². The Labute approximate surface area is 280 Å². The molecule has 0 saturated heterocycles. The molecule has 5 aromatic rings. The molecular weight excluding hydrogens is 677 g/mol. The van der Waals surface area contributed by atoms with Gasteiger partial charge in [0.25, 0.3) is 5.56 Å². The van der Waals surface area contributed by atoms with Crippen LogP contribution in [0.1, 0.15) is 48.9 Å². The summed E-state index contributed by atoms with van der Waals surface area (Å²) < 4.78 is 19.7. The van der Waals surface area contributed by atoms with E-state index in [0.717, 1.165) is 28.0 Å². The van der Waals surface area contributed by atoms with Crippen LogP contribution < -0.4 is 19.8 Å². The molecule has 0 atom stereocenters. The highest BCUT2D eigenvalue weighted by molar-refractivity contribution is 9.10. The van der Waals surface area contributed by atoms with Gasteiger partial charge in [-0.3, -0.25) is 4.79 Å². The average molecular weight is 709 g/mol. The van der Waals surface area contributed by atoms with E-state index in [4.69, 9.17) is 42.4 Å². The summed E-state index contributed by atoms with van der Waals surface area (Å²) >= 11 is 16.0. The monoisotopic (exact) mass is 707 g/mol. The van der Waals surface area contributed by atoms with Gasteiger partial charge in [0.1, 0.15) is 12.4 Å². The number of rotatable bonds is 10. The molecular formula is C35H32BrCl2N3O4. The number of fused-ring (bicyclic) bond motifs is 1. The van der Waals surface area contributed by atoms with Crippen molar-refractivity contribution in [2.75, 3.05) is 13.7 Å². The van der Waals surface area contributed by atoms with Gasteiger partial charge in [-0.05, 0) is 101 Å². The maximum Gasteiger partial charge on any atom is 0.282 e. The van der Waals surface area contributed by atoms with Crippen molar-refractivity contribution in [2.45, 2.75) is 40.2 Å². The molecule has 1 heterocycles.